The van der Waals surface area contributed by atoms with Crippen molar-refractivity contribution in [2.75, 3.05) is 33.4 Å². The number of rotatable bonds is 10. The number of guanidine groups is 1. The van der Waals surface area contributed by atoms with Crippen LogP contribution in [0.3, 0.4) is 0 Å². The number of amides is 1. The number of hydrogen-bond acceptors (Lipinski definition) is 3. The van der Waals surface area contributed by atoms with Crippen LogP contribution in [-0.2, 0) is 22.6 Å². The molecular formula is C20H32N4O2. The maximum Gasteiger partial charge on any atom is 0.222 e. The van der Waals surface area contributed by atoms with E-state index in [1.807, 2.05) is 11.8 Å². The van der Waals surface area contributed by atoms with Crippen molar-refractivity contribution >= 4 is 11.9 Å². The minimum absolute atomic E-state index is 0.266. The highest BCUT2D eigenvalue weighted by Crippen LogP contribution is 2.15. The van der Waals surface area contributed by atoms with Gasteiger partial charge >= 0.3 is 0 Å². The smallest absolute Gasteiger partial charge is 0.222 e. The molecule has 2 rings (SSSR count). The lowest BCUT2D eigenvalue weighted by atomic mass is 10.1. The maximum absolute atomic E-state index is 11.8. The monoisotopic (exact) mass is 360 g/mol. The third kappa shape index (κ3) is 7.04. The summed E-state index contributed by atoms with van der Waals surface area (Å²) in [6, 6.07) is 8.39. The van der Waals surface area contributed by atoms with Crippen molar-refractivity contribution in [1.29, 1.82) is 0 Å². The van der Waals surface area contributed by atoms with Gasteiger partial charge in [-0.25, -0.2) is 0 Å². The summed E-state index contributed by atoms with van der Waals surface area (Å²) in [4.78, 5) is 18.0. The SMILES string of the molecule is CCOCCCCNC(=NC)NCc1cccc(CN2CCCC2=O)c1. The van der Waals surface area contributed by atoms with Crippen LogP contribution >= 0.6 is 0 Å². The van der Waals surface area contributed by atoms with Gasteiger partial charge in [-0.15, -0.1) is 0 Å². The molecule has 2 N–H and O–H groups in total. The predicted octanol–water partition coefficient (Wildman–Crippen LogP) is 2.29. The Bertz CT molecular complexity index is 589. The van der Waals surface area contributed by atoms with E-state index in [2.05, 4.69) is 39.9 Å². The van der Waals surface area contributed by atoms with Crippen LogP contribution in [0.2, 0.25) is 0 Å². The summed E-state index contributed by atoms with van der Waals surface area (Å²) >= 11 is 0. The van der Waals surface area contributed by atoms with E-state index in [9.17, 15) is 4.79 Å². The Balaban J connectivity index is 1.73. The fraction of sp³-hybridized carbons (Fsp3) is 0.600. The Morgan fingerprint density at radius 2 is 2.12 bits per heavy atom. The molecule has 0 radical (unpaired) electrons. The molecule has 1 amide bonds. The van der Waals surface area contributed by atoms with Gasteiger partial charge in [0.25, 0.3) is 0 Å². The number of carbonyl (C=O) groups excluding carboxylic acids is 1. The molecule has 1 aliphatic heterocycles. The van der Waals surface area contributed by atoms with E-state index >= 15 is 0 Å². The molecule has 0 atom stereocenters. The second-order valence-corrected chi connectivity index (χ2v) is 6.50. The van der Waals surface area contributed by atoms with E-state index in [0.717, 1.165) is 51.5 Å². The van der Waals surface area contributed by atoms with Gasteiger partial charge in [0.15, 0.2) is 5.96 Å². The van der Waals surface area contributed by atoms with Gasteiger partial charge in [0, 0.05) is 52.9 Å². The zero-order chi connectivity index (χ0) is 18.6. The summed E-state index contributed by atoms with van der Waals surface area (Å²) in [6.07, 6.45) is 3.77. The first-order valence-electron chi connectivity index (χ1n) is 9.60. The number of nitrogens with one attached hydrogen (secondary N) is 2. The highest BCUT2D eigenvalue weighted by atomic mass is 16.5. The average molecular weight is 361 g/mol. The summed E-state index contributed by atoms with van der Waals surface area (Å²) in [5.74, 6) is 1.07. The van der Waals surface area contributed by atoms with Crippen LogP contribution in [0.5, 0.6) is 0 Å². The van der Waals surface area contributed by atoms with E-state index in [4.69, 9.17) is 4.74 Å². The molecule has 1 aromatic rings. The number of benzene rings is 1. The van der Waals surface area contributed by atoms with Crippen molar-refractivity contribution in [2.45, 2.75) is 45.7 Å². The predicted molar refractivity (Wildman–Crippen MR) is 105 cm³/mol. The maximum atomic E-state index is 11.8. The third-order valence-corrected chi connectivity index (χ3v) is 4.43. The number of unbranched alkanes of at least 4 members (excludes halogenated alkanes) is 1. The van der Waals surface area contributed by atoms with Gasteiger partial charge < -0.3 is 20.3 Å². The first-order chi connectivity index (χ1) is 12.7. The van der Waals surface area contributed by atoms with Gasteiger partial charge in [-0.1, -0.05) is 24.3 Å². The molecule has 0 unspecified atom stereocenters. The molecule has 26 heavy (non-hydrogen) atoms. The molecule has 1 saturated heterocycles. The standard InChI is InChI=1S/C20H32N4O2/c1-3-26-13-5-4-11-22-20(21-2)23-15-17-8-6-9-18(14-17)16-24-12-7-10-19(24)25/h6,8-9,14H,3-5,7,10-13,15-16H2,1-2H3,(H2,21,22,23). The van der Waals surface area contributed by atoms with Gasteiger partial charge in [0.2, 0.25) is 5.91 Å². The second-order valence-electron chi connectivity index (χ2n) is 6.50. The number of ether oxygens (including phenoxy) is 1. The molecule has 0 spiro atoms. The normalized spacial score (nSPS) is 14.8. The van der Waals surface area contributed by atoms with Crippen molar-refractivity contribution in [3.8, 4) is 0 Å². The summed E-state index contributed by atoms with van der Waals surface area (Å²) in [5, 5.41) is 6.67. The zero-order valence-corrected chi connectivity index (χ0v) is 16.1. The van der Waals surface area contributed by atoms with E-state index in [1.165, 1.54) is 11.1 Å². The molecule has 0 saturated carbocycles. The molecule has 1 aliphatic rings. The quantitative estimate of drug-likeness (QED) is 0.382. The van der Waals surface area contributed by atoms with Crippen LogP contribution in [-0.4, -0.2) is 50.1 Å². The Morgan fingerprint density at radius 1 is 1.27 bits per heavy atom. The van der Waals surface area contributed by atoms with Gasteiger partial charge in [0.1, 0.15) is 0 Å². The highest BCUT2D eigenvalue weighted by Gasteiger charge is 2.19. The molecular weight excluding hydrogens is 328 g/mol. The molecule has 144 valence electrons. The Hall–Kier alpha value is -2.08. The third-order valence-electron chi connectivity index (χ3n) is 4.43. The van der Waals surface area contributed by atoms with Gasteiger partial charge in [0.05, 0.1) is 0 Å². The van der Waals surface area contributed by atoms with Crippen LogP contribution in [0.1, 0.15) is 43.7 Å². The Morgan fingerprint density at radius 3 is 2.85 bits per heavy atom. The van der Waals surface area contributed by atoms with Crippen LogP contribution in [0, 0.1) is 0 Å². The number of carbonyl (C=O) groups is 1. The van der Waals surface area contributed by atoms with E-state index < -0.39 is 0 Å². The zero-order valence-electron chi connectivity index (χ0n) is 16.1. The fourth-order valence-corrected chi connectivity index (χ4v) is 3.02. The summed E-state index contributed by atoms with van der Waals surface area (Å²) in [7, 11) is 1.78. The molecule has 1 heterocycles. The molecule has 0 bridgehead atoms. The van der Waals surface area contributed by atoms with Gasteiger partial charge in [-0.2, -0.15) is 0 Å². The minimum Gasteiger partial charge on any atom is -0.382 e. The van der Waals surface area contributed by atoms with Crippen LogP contribution < -0.4 is 10.6 Å². The summed E-state index contributed by atoms with van der Waals surface area (Å²) in [5.41, 5.74) is 2.37. The van der Waals surface area contributed by atoms with Crippen molar-refractivity contribution in [3.05, 3.63) is 35.4 Å². The number of aliphatic imine (C=N–C) groups is 1. The van der Waals surface area contributed by atoms with Crippen molar-refractivity contribution in [3.63, 3.8) is 0 Å². The number of nitrogens with zero attached hydrogens (tertiary/aromatic N) is 2. The summed E-state index contributed by atoms with van der Waals surface area (Å²) < 4.78 is 5.34. The molecule has 0 aromatic heterocycles. The van der Waals surface area contributed by atoms with Crippen LogP contribution in [0.25, 0.3) is 0 Å². The first-order valence-corrected chi connectivity index (χ1v) is 9.60. The number of likely N-dealkylation sites (tertiary alicyclic amines) is 1. The topological polar surface area (TPSA) is 66.0 Å². The molecule has 1 fully saturated rings. The van der Waals surface area contributed by atoms with E-state index in [-0.39, 0.29) is 5.91 Å². The van der Waals surface area contributed by atoms with Gasteiger partial charge in [-0.3, -0.25) is 9.79 Å². The lowest BCUT2D eigenvalue weighted by Gasteiger charge is -2.16. The molecule has 1 aromatic carbocycles. The van der Waals surface area contributed by atoms with Crippen molar-refractivity contribution in [2.24, 2.45) is 4.99 Å². The number of hydrogen-bond donors (Lipinski definition) is 2. The van der Waals surface area contributed by atoms with Gasteiger partial charge in [-0.05, 0) is 37.3 Å². The average Bonchev–Trinajstić information content (AvgIpc) is 3.05. The van der Waals surface area contributed by atoms with Crippen LogP contribution in [0.4, 0.5) is 0 Å². The van der Waals surface area contributed by atoms with Crippen LogP contribution in [0.15, 0.2) is 29.3 Å². The van der Waals surface area contributed by atoms with E-state index in [0.29, 0.717) is 19.5 Å². The second kappa shape index (κ2) is 11.5. The van der Waals surface area contributed by atoms with E-state index in [1.54, 1.807) is 7.05 Å². The largest absolute Gasteiger partial charge is 0.382 e. The lowest BCUT2D eigenvalue weighted by Crippen LogP contribution is -2.37. The lowest BCUT2D eigenvalue weighted by molar-refractivity contribution is -0.128. The van der Waals surface area contributed by atoms with Crippen molar-refractivity contribution in [1.82, 2.24) is 15.5 Å². The highest BCUT2D eigenvalue weighted by molar-refractivity contribution is 5.79. The Kier molecular flexibility index (Phi) is 8.96. The molecule has 6 heteroatoms. The minimum atomic E-state index is 0.266. The molecule has 0 aliphatic carbocycles. The molecule has 6 nitrogen and oxygen atoms in total. The van der Waals surface area contributed by atoms with Crippen molar-refractivity contribution < 1.29 is 9.53 Å². The summed E-state index contributed by atoms with van der Waals surface area (Å²) in [6.45, 7) is 6.78. The first kappa shape index (κ1) is 20.2. The Labute approximate surface area is 157 Å². The fourth-order valence-electron chi connectivity index (χ4n) is 3.02.